The van der Waals surface area contributed by atoms with Crippen LogP contribution in [0.1, 0.15) is 50.5 Å². The quantitative estimate of drug-likeness (QED) is 0.826. The summed E-state index contributed by atoms with van der Waals surface area (Å²) in [6.07, 6.45) is 5.27. The Morgan fingerprint density at radius 2 is 2.21 bits per heavy atom. The van der Waals surface area contributed by atoms with Crippen LogP contribution in [-0.2, 0) is 6.54 Å². The summed E-state index contributed by atoms with van der Waals surface area (Å²) < 4.78 is 3.05. The van der Waals surface area contributed by atoms with Crippen molar-refractivity contribution in [2.45, 2.75) is 52.6 Å². The molecular formula is C15H23BrN2O. The predicted octanol–water partition coefficient (Wildman–Crippen LogP) is 3.92. The Balaban J connectivity index is 2.19. The van der Waals surface area contributed by atoms with Crippen molar-refractivity contribution in [3.8, 4) is 0 Å². The Hall–Kier alpha value is -0.770. The van der Waals surface area contributed by atoms with Gasteiger partial charge >= 0.3 is 0 Å². The van der Waals surface area contributed by atoms with Crippen molar-refractivity contribution in [2.75, 3.05) is 6.54 Å². The lowest BCUT2D eigenvalue weighted by atomic mass is 9.93. The van der Waals surface area contributed by atoms with E-state index in [0.717, 1.165) is 48.4 Å². The number of aromatic nitrogens is 1. The van der Waals surface area contributed by atoms with Gasteiger partial charge in [0.25, 0.3) is 5.91 Å². The first kappa shape index (κ1) is 14.6. The first-order valence-electron chi connectivity index (χ1n) is 7.19. The van der Waals surface area contributed by atoms with E-state index in [-0.39, 0.29) is 5.91 Å². The minimum absolute atomic E-state index is 0.179. The highest BCUT2D eigenvalue weighted by Crippen LogP contribution is 2.25. The van der Waals surface area contributed by atoms with E-state index >= 15 is 0 Å². The minimum Gasteiger partial charge on any atom is -0.342 e. The first-order valence-corrected chi connectivity index (χ1v) is 7.98. The van der Waals surface area contributed by atoms with Crippen molar-refractivity contribution in [3.63, 3.8) is 0 Å². The lowest BCUT2D eigenvalue weighted by Crippen LogP contribution is -2.44. The molecule has 1 aromatic rings. The maximum Gasteiger partial charge on any atom is 0.270 e. The molecule has 0 spiro atoms. The molecule has 2 rings (SSSR count). The van der Waals surface area contributed by atoms with Gasteiger partial charge in [-0.15, -0.1) is 0 Å². The molecule has 2 atom stereocenters. The smallest absolute Gasteiger partial charge is 0.270 e. The summed E-state index contributed by atoms with van der Waals surface area (Å²) >= 11 is 3.48. The van der Waals surface area contributed by atoms with Gasteiger partial charge in [-0.25, -0.2) is 0 Å². The summed E-state index contributed by atoms with van der Waals surface area (Å²) in [5.74, 6) is 0.909. The highest BCUT2D eigenvalue weighted by Gasteiger charge is 2.29. The third-order valence-corrected chi connectivity index (χ3v) is 4.38. The SMILES string of the molecule is CCCn1cc(Br)cc1C(=O)N1CCC(C)CC1C. The summed E-state index contributed by atoms with van der Waals surface area (Å²) in [6, 6.07) is 2.29. The zero-order valence-corrected chi connectivity index (χ0v) is 13.6. The summed E-state index contributed by atoms with van der Waals surface area (Å²) in [7, 11) is 0. The van der Waals surface area contributed by atoms with Gasteiger partial charge in [0, 0.05) is 29.8 Å². The van der Waals surface area contributed by atoms with Crippen LogP contribution in [0.15, 0.2) is 16.7 Å². The normalized spacial score (nSPS) is 23.7. The standard InChI is InChI=1S/C15H23BrN2O/c1-4-6-17-10-13(16)9-14(17)15(19)18-7-5-11(2)8-12(18)3/h9-12H,4-8H2,1-3H3. The van der Waals surface area contributed by atoms with Gasteiger partial charge in [0.2, 0.25) is 0 Å². The number of likely N-dealkylation sites (tertiary alicyclic amines) is 1. The Morgan fingerprint density at radius 1 is 1.47 bits per heavy atom. The molecule has 1 aliphatic heterocycles. The van der Waals surface area contributed by atoms with Gasteiger partial charge in [-0.2, -0.15) is 0 Å². The molecule has 0 radical (unpaired) electrons. The van der Waals surface area contributed by atoms with Crippen LogP contribution in [0.3, 0.4) is 0 Å². The number of nitrogens with zero attached hydrogens (tertiary/aromatic N) is 2. The largest absolute Gasteiger partial charge is 0.342 e. The number of carbonyl (C=O) groups excluding carboxylic acids is 1. The van der Waals surface area contributed by atoms with E-state index in [1.807, 2.05) is 17.2 Å². The molecule has 1 saturated heterocycles. The number of halogens is 1. The highest BCUT2D eigenvalue weighted by molar-refractivity contribution is 9.10. The molecular weight excluding hydrogens is 304 g/mol. The maximum absolute atomic E-state index is 12.7. The summed E-state index contributed by atoms with van der Waals surface area (Å²) in [5, 5.41) is 0. The van der Waals surface area contributed by atoms with Crippen LogP contribution in [0.5, 0.6) is 0 Å². The third-order valence-electron chi connectivity index (χ3n) is 3.95. The molecule has 106 valence electrons. The van der Waals surface area contributed by atoms with E-state index in [0.29, 0.717) is 6.04 Å². The Labute approximate surface area is 124 Å². The minimum atomic E-state index is 0.179. The number of rotatable bonds is 3. The number of piperidine rings is 1. The van der Waals surface area contributed by atoms with Crippen molar-refractivity contribution in [3.05, 3.63) is 22.4 Å². The van der Waals surface area contributed by atoms with Gasteiger partial charge < -0.3 is 9.47 Å². The molecule has 19 heavy (non-hydrogen) atoms. The molecule has 0 N–H and O–H groups in total. The maximum atomic E-state index is 12.7. The molecule has 0 bridgehead atoms. The molecule has 1 aromatic heterocycles. The van der Waals surface area contributed by atoms with Crippen LogP contribution in [0.2, 0.25) is 0 Å². The zero-order chi connectivity index (χ0) is 14.0. The Morgan fingerprint density at radius 3 is 2.84 bits per heavy atom. The summed E-state index contributed by atoms with van der Waals surface area (Å²) in [5.41, 5.74) is 0.815. The van der Waals surface area contributed by atoms with E-state index < -0.39 is 0 Å². The lowest BCUT2D eigenvalue weighted by molar-refractivity contribution is 0.0577. The highest BCUT2D eigenvalue weighted by atomic mass is 79.9. The van der Waals surface area contributed by atoms with Crippen LogP contribution in [0.4, 0.5) is 0 Å². The zero-order valence-electron chi connectivity index (χ0n) is 12.0. The molecule has 0 saturated carbocycles. The van der Waals surface area contributed by atoms with E-state index in [1.165, 1.54) is 0 Å². The fourth-order valence-corrected chi connectivity index (χ4v) is 3.40. The first-order chi connectivity index (χ1) is 9.02. The fraction of sp³-hybridized carbons (Fsp3) is 0.667. The van der Waals surface area contributed by atoms with E-state index in [2.05, 4.69) is 41.3 Å². The van der Waals surface area contributed by atoms with Crippen molar-refractivity contribution in [1.82, 2.24) is 9.47 Å². The van der Waals surface area contributed by atoms with Crippen LogP contribution >= 0.6 is 15.9 Å². The average molecular weight is 327 g/mol. The van der Waals surface area contributed by atoms with Crippen molar-refractivity contribution >= 4 is 21.8 Å². The van der Waals surface area contributed by atoms with Gasteiger partial charge in [0.1, 0.15) is 5.69 Å². The van der Waals surface area contributed by atoms with Crippen LogP contribution in [0, 0.1) is 5.92 Å². The third kappa shape index (κ3) is 3.22. The second-order valence-electron chi connectivity index (χ2n) is 5.71. The molecule has 0 aliphatic carbocycles. The number of hydrogen-bond acceptors (Lipinski definition) is 1. The molecule has 2 heterocycles. The second-order valence-corrected chi connectivity index (χ2v) is 6.63. The van der Waals surface area contributed by atoms with Gasteiger partial charge in [-0.3, -0.25) is 4.79 Å². The van der Waals surface area contributed by atoms with E-state index in [9.17, 15) is 4.79 Å². The van der Waals surface area contributed by atoms with Crippen molar-refractivity contribution < 1.29 is 4.79 Å². The molecule has 1 amide bonds. The second kappa shape index (κ2) is 6.12. The predicted molar refractivity (Wildman–Crippen MR) is 81.3 cm³/mol. The van der Waals surface area contributed by atoms with Gasteiger partial charge in [-0.05, 0) is 54.1 Å². The number of carbonyl (C=O) groups is 1. The molecule has 0 aromatic carbocycles. The topological polar surface area (TPSA) is 25.2 Å². The fourth-order valence-electron chi connectivity index (χ4n) is 2.94. The monoisotopic (exact) mass is 326 g/mol. The van der Waals surface area contributed by atoms with Crippen molar-refractivity contribution in [1.29, 1.82) is 0 Å². The molecule has 2 unspecified atom stereocenters. The van der Waals surface area contributed by atoms with Crippen molar-refractivity contribution in [2.24, 2.45) is 5.92 Å². The number of amides is 1. The Bertz CT molecular complexity index is 455. The summed E-state index contributed by atoms with van der Waals surface area (Å²) in [6.45, 7) is 8.35. The number of hydrogen-bond donors (Lipinski definition) is 0. The average Bonchev–Trinajstić information content (AvgIpc) is 2.70. The van der Waals surface area contributed by atoms with Crippen LogP contribution in [0.25, 0.3) is 0 Å². The molecule has 4 heteroatoms. The molecule has 1 fully saturated rings. The molecule has 3 nitrogen and oxygen atoms in total. The van der Waals surface area contributed by atoms with E-state index in [1.54, 1.807) is 0 Å². The van der Waals surface area contributed by atoms with Crippen LogP contribution in [-0.4, -0.2) is 28.0 Å². The lowest BCUT2D eigenvalue weighted by Gasteiger charge is -2.36. The summed E-state index contributed by atoms with van der Waals surface area (Å²) in [4.78, 5) is 14.7. The van der Waals surface area contributed by atoms with Gasteiger partial charge in [0.15, 0.2) is 0 Å². The van der Waals surface area contributed by atoms with Crippen LogP contribution < -0.4 is 0 Å². The van der Waals surface area contributed by atoms with E-state index in [4.69, 9.17) is 0 Å². The number of aryl methyl sites for hydroxylation is 1. The Kier molecular flexibility index (Phi) is 4.71. The van der Waals surface area contributed by atoms with Gasteiger partial charge in [0.05, 0.1) is 0 Å². The van der Waals surface area contributed by atoms with Gasteiger partial charge in [-0.1, -0.05) is 13.8 Å². The molecule has 1 aliphatic rings.